The molecule has 4 aromatic rings. The van der Waals surface area contributed by atoms with Crippen LogP contribution in [0.15, 0.2) is 91.0 Å². The molecule has 0 aromatic heterocycles. The largest absolute Gasteiger partial charge is 0.455 e. The van der Waals surface area contributed by atoms with Crippen molar-refractivity contribution in [1.29, 1.82) is 0 Å². The van der Waals surface area contributed by atoms with Gasteiger partial charge in [-0.1, -0.05) is 65.7 Å². The molecular weight excluding hydrogens is 599 g/mol. The number of nitrogens with two attached hydrogens (primary N) is 1. The third-order valence-electron chi connectivity index (χ3n) is 6.73. The van der Waals surface area contributed by atoms with E-state index in [9.17, 15) is 14.4 Å². The molecule has 0 saturated carbocycles. The molecule has 0 saturated heterocycles. The zero-order chi connectivity index (χ0) is 31.5. The number of halogens is 2. The molecular formula is C34H34Cl2N4O4. The average molecular weight is 634 g/mol. The van der Waals surface area contributed by atoms with E-state index >= 15 is 0 Å². The van der Waals surface area contributed by atoms with E-state index in [0.29, 0.717) is 52.4 Å². The summed E-state index contributed by atoms with van der Waals surface area (Å²) in [7, 11) is 0. The van der Waals surface area contributed by atoms with Crippen LogP contribution in [0.3, 0.4) is 0 Å². The highest BCUT2D eigenvalue weighted by molar-refractivity contribution is 6.35. The first kappa shape index (κ1) is 32.5. The summed E-state index contributed by atoms with van der Waals surface area (Å²) in [5.74, 6) is 0.403. The van der Waals surface area contributed by atoms with Gasteiger partial charge in [-0.15, -0.1) is 0 Å². The molecule has 0 aliphatic rings. The van der Waals surface area contributed by atoms with Gasteiger partial charge >= 0.3 is 0 Å². The quantitative estimate of drug-likeness (QED) is 0.149. The fraction of sp³-hybridized carbons (Fsp3) is 0.206. The zero-order valence-corrected chi connectivity index (χ0v) is 25.8. The zero-order valence-electron chi connectivity index (χ0n) is 24.3. The van der Waals surface area contributed by atoms with Crippen molar-refractivity contribution in [2.45, 2.75) is 39.3 Å². The molecule has 0 spiro atoms. The van der Waals surface area contributed by atoms with Crippen LogP contribution >= 0.6 is 23.2 Å². The van der Waals surface area contributed by atoms with Gasteiger partial charge in [0.2, 0.25) is 17.7 Å². The van der Waals surface area contributed by atoms with E-state index < -0.39 is 0 Å². The number of carbonyl (C=O) groups excluding carboxylic acids is 3. The molecule has 4 aromatic carbocycles. The Bertz CT molecular complexity index is 1610. The first-order chi connectivity index (χ1) is 21.2. The lowest BCUT2D eigenvalue weighted by Gasteiger charge is -2.25. The molecule has 0 aliphatic carbocycles. The third kappa shape index (κ3) is 9.57. The lowest BCUT2D eigenvalue weighted by atomic mass is 10.1. The molecule has 228 valence electrons. The summed E-state index contributed by atoms with van der Waals surface area (Å²) >= 11 is 12.2. The van der Waals surface area contributed by atoms with Crippen molar-refractivity contribution in [2.24, 2.45) is 5.73 Å². The molecule has 0 aliphatic heterocycles. The van der Waals surface area contributed by atoms with Gasteiger partial charge in [0.1, 0.15) is 5.75 Å². The van der Waals surface area contributed by atoms with Crippen molar-refractivity contribution in [2.75, 3.05) is 16.8 Å². The van der Waals surface area contributed by atoms with Crippen molar-refractivity contribution in [3.05, 3.63) is 118 Å². The summed E-state index contributed by atoms with van der Waals surface area (Å²) in [5.41, 5.74) is 9.63. The summed E-state index contributed by atoms with van der Waals surface area (Å²) in [6.45, 7) is 2.40. The van der Waals surface area contributed by atoms with E-state index in [2.05, 4.69) is 10.6 Å². The van der Waals surface area contributed by atoms with Gasteiger partial charge in [-0.3, -0.25) is 14.4 Å². The SMILES string of the molecule is CC(=O)Nc1ccc(CN(C(=O)CCC(=O)NCCc2ccc(Cl)cc2Cl)c2ccccc2Oc2cccc(CN)c2)cc1. The van der Waals surface area contributed by atoms with Crippen LogP contribution in [-0.4, -0.2) is 24.3 Å². The minimum absolute atomic E-state index is 0.00667. The van der Waals surface area contributed by atoms with Crippen LogP contribution in [0.1, 0.15) is 36.5 Å². The molecule has 10 heteroatoms. The molecule has 0 unspecified atom stereocenters. The molecule has 0 radical (unpaired) electrons. The van der Waals surface area contributed by atoms with Crippen LogP contribution in [0.2, 0.25) is 10.0 Å². The lowest BCUT2D eigenvalue weighted by Crippen LogP contribution is -2.33. The van der Waals surface area contributed by atoms with Crippen LogP contribution < -0.4 is 26.0 Å². The van der Waals surface area contributed by atoms with Crippen molar-refractivity contribution >= 4 is 52.3 Å². The van der Waals surface area contributed by atoms with Gasteiger partial charge in [0.05, 0.1) is 12.2 Å². The molecule has 3 amide bonds. The van der Waals surface area contributed by atoms with E-state index in [1.165, 1.54) is 6.92 Å². The summed E-state index contributed by atoms with van der Waals surface area (Å²) in [5, 5.41) is 6.69. The Hall–Kier alpha value is -4.37. The van der Waals surface area contributed by atoms with E-state index in [1.54, 1.807) is 35.2 Å². The highest BCUT2D eigenvalue weighted by Crippen LogP contribution is 2.34. The fourth-order valence-corrected chi connectivity index (χ4v) is 5.02. The molecule has 0 atom stereocenters. The van der Waals surface area contributed by atoms with Gasteiger partial charge in [0, 0.05) is 48.6 Å². The second-order valence-corrected chi connectivity index (χ2v) is 11.0. The summed E-state index contributed by atoms with van der Waals surface area (Å²) in [4.78, 5) is 39.5. The van der Waals surface area contributed by atoms with E-state index in [4.69, 9.17) is 33.7 Å². The molecule has 44 heavy (non-hydrogen) atoms. The predicted molar refractivity (Wildman–Crippen MR) is 175 cm³/mol. The Balaban J connectivity index is 1.49. The highest BCUT2D eigenvalue weighted by Gasteiger charge is 2.21. The van der Waals surface area contributed by atoms with Gasteiger partial charge < -0.3 is 26.0 Å². The van der Waals surface area contributed by atoms with Gasteiger partial charge in [-0.05, 0) is 71.6 Å². The number of nitrogens with zero attached hydrogens (tertiary/aromatic N) is 1. The first-order valence-electron chi connectivity index (χ1n) is 14.1. The third-order valence-corrected chi connectivity index (χ3v) is 7.32. The van der Waals surface area contributed by atoms with Gasteiger partial charge in [-0.25, -0.2) is 0 Å². The smallest absolute Gasteiger partial charge is 0.227 e. The fourth-order valence-electron chi connectivity index (χ4n) is 4.52. The van der Waals surface area contributed by atoms with Crippen molar-refractivity contribution < 1.29 is 19.1 Å². The summed E-state index contributed by atoms with van der Waals surface area (Å²) in [6, 6.07) is 27.2. The minimum Gasteiger partial charge on any atom is -0.455 e. The molecule has 4 N–H and O–H groups in total. The van der Waals surface area contributed by atoms with E-state index in [1.807, 2.05) is 60.7 Å². The van der Waals surface area contributed by atoms with Crippen LogP contribution in [0.25, 0.3) is 0 Å². The standard InChI is InChI=1S/C34H34Cl2N4O4/c1-23(41)39-28-13-9-24(10-14-28)22-40(31-7-2-3-8-32(31)44-29-6-4-5-25(19-29)21-37)34(43)16-15-33(42)38-18-17-26-11-12-27(35)20-30(26)36/h2-14,19-20H,15-18,21-22,37H2,1H3,(H,38,42)(H,39,41). The van der Waals surface area contributed by atoms with Gasteiger partial charge in [-0.2, -0.15) is 0 Å². The molecule has 4 rings (SSSR count). The van der Waals surface area contributed by atoms with Crippen molar-refractivity contribution in [3.63, 3.8) is 0 Å². The minimum atomic E-state index is -0.251. The molecule has 0 heterocycles. The Labute approximate surface area is 267 Å². The summed E-state index contributed by atoms with van der Waals surface area (Å²) in [6.07, 6.45) is 0.521. The van der Waals surface area contributed by atoms with Gasteiger partial charge in [0.15, 0.2) is 5.75 Å². The number of nitrogens with one attached hydrogen (secondary N) is 2. The van der Waals surface area contributed by atoms with Crippen LogP contribution in [-0.2, 0) is 33.9 Å². The van der Waals surface area contributed by atoms with Crippen LogP contribution in [0.4, 0.5) is 11.4 Å². The number of hydrogen-bond acceptors (Lipinski definition) is 5. The number of para-hydroxylation sites is 2. The van der Waals surface area contributed by atoms with Crippen LogP contribution in [0, 0.1) is 0 Å². The predicted octanol–water partition coefficient (Wildman–Crippen LogP) is 6.88. The highest BCUT2D eigenvalue weighted by atomic mass is 35.5. The molecule has 0 bridgehead atoms. The van der Waals surface area contributed by atoms with E-state index in [0.717, 1.165) is 16.7 Å². The number of hydrogen-bond donors (Lipinski definition) is 3. The topological polar surface area (TPSA) is 114 Å². The number of carbonyl (C=O) groups is 3. The number of ether oxygens (including phenoxy) is 1. The maximum atomic E-state index is 13.7. The molecule has 0 fully saturated rings. The number of rotatable bonds is 13. The van der Waals surface area contributed by atoms with Gasteiger partial charge in [0.25, 0.3) is 0 Å². The second-order valence-electron chi connectivity index (χ2n) is 10.1. The Morgan fingerprint density at radius 3 is 2.36 bits per heavy atom. The van der Waals surface area contributed by atoms with E-state index in [-0.39, 0.29) is 37.1 Å². The first-order valence-corrected chi connectivity index (χ1v) is 14.9. The molecule has 8 nitrogen and oxygen atoms in total. The van der Waals surface area contributed by atoms with Crippen molar-refractivity contribution in [1.82, 2.24) is 5.32 Å². The average Bonchev–Trinajstić information content (AvgIpc) is 3.01. The van der Waals surface area contributed by atoms with Crippen molar-refractivity contribution in [3.8, 4) is 11.5 Å². The summed E-state index contributed by atoms with van der Waals surface area (Å²) < 4.78 is 6.23. The van der Waals surface area contributed by atoms with Crippen LogP contribution in [0.5, 0.6) is 11.5 Å². The maximum Gasteiger partial charge on any atom is 0.227 e. The maximum absolute atomic E-state index is 13.7. The lowest BCUT2D eigenvalue weighted by molar-refractivity contribution is -0.125. The Morgan fingerprint density at radius 1 is 0.864 bits per heavy atom. The second kappa shape index (κ2) is 15.9. The number of anilines is 2. The number of amides is 3. The Morgan fingerprint density at radius 2 is 1.64 bits per heavy atom. The number of benzene rings is 4. The normalized spacial score (nSPS) is 10.6. The monoisotopic (exact) mass is 632 g/mol. The Kier molecular flexibility index (Phi) is 11.8.